The molecule has 0 aliphatic carbocycles. The third-order valence-electron chi connectivity index (χ3n) is 5.11. The van der Waals surface area contributed by atoms with Gasteiger partial charge in [-0.3, -0.25) is 4.79 Å². The first kappa shape index (κ1) is 25.8. The maximum atomic E-state index is 12.3. The number of anilines is 1. The highest BCUT2D eigenvalue weighted by molar-refractivity contribution is 6.42. The third-order valence-corrected chi connectivity index (χ3v) is 5.85. The number of benzene rings is 2. The summed E-state index contributed by atoms with van der Waals surface area (Å²) in [7, 11) is 3.94. The Morgan fingerprint density at radius 1 is 1.03 bits per heavy atom. The minimum Gasteiger partial charge on any atom is -0.365 e. The number of hydrogen-bond acceptors (Lipinski definition) is 5. The molecule has 2 aromatic heterocycles. The summed E-state index contributed by atoms with van der Waals surface area (Å²) in [5, 5.41) is 12.0. The first-order valence-electron chi connectivity index (χ1n) is 10.5. The number of likely N-dealkylation sites (N-methyl/N-ethyl adjacent to an activating group) is 1. The smallest absolute Gasteiger partial charge is 0.251 e. The standard InChI is InChI=1S/C24H24Cl2N6O.ClH/c1-31(2)12-11-27-24(33)18-6-4-17(5-7-18)21-15-29-23-10-9-22(30-32(21)23)28-14-16-3-8-19(25)20(26)13-16;/h3-10,13,15H,11-12,14H2,1-2H3,(H,27,33)(H,28,30);1H. The summed E-state index contributed by atoms with van der Waals surface area (Å²) in [5.41, 5.74) is 4.10. The number of fused-ring (bicyclic) bond motifs is 1. The van der Waals surface area contributed by atoms with Crippen LogP contribution in [0, 0.1) is 0 Å². The largest absolute Gasteiger partial charge is 0.365 e. The van der Waals surface area contributed by atoms with Crippen LogP contribution in [0.3, 0.4) is 0 Å². The van der Waals surface area contributed by atoms with Crippen molar-refractivity contribution in [1.82, 2.24) is 24.8 Å². The molecule has 1 amide bonds. The number of imidazole rings is 1. The maximum Gasteiger partial charge on any atom is 0.251 e. The number of halogens is 3. The van der Waals surface area contributed by atoms with E-state index in [0.29, 0.717) is 34.5 Å². The van der Waals surface area contributed by atoms with Gasteiger partial charge in [-0.15, -0.1) is 17.5 Å². The summed E-state index contributed by atoms with van der Waals surface area (Å²) in [6.45, 7) is 1.94. The summed E-state index contributed by atoms with van der Waals surface area (Å²) >= 11 is 12.1. The van der Waals surface area contributed by atoms with Crippen molar-refractivity contribution >= 4 is 53.0 Å². The lowest BCUT2D eigenvalue weighted by Gasteiger charge is -2.10. The number of carbonyl (C=O) groups is 1. The van der Waals surface area contributed by atoms with Crippen molar-refractivity contribution in [3.63, 3.8) is 0 Å². The maximum absolute atomic E-state index is 12.3. The molecule has 0 spiro atoms. The Labute approximate surface area is 214 Å². The number of hydrogen-bond donors (Lipinski definition) is 2. The molecule has 178 valence electrons. The van der Waals surface area contributed by atoms with Crippen LogP contribution in [0.5, 0.6) is 0 Å². The van der Waals surface area contributed by atoms with Gasteiger partial charge in [0.1, 0.15) is 5.82 Å². The fourth-order valence-electron chi connectivity index (χ4n) is 3.29. The van der Waals surface area contributed by atoms with E-state index in [-0.39, 0.29) is 18.3 Å². The van der Waals surface area contributed by atoms with Crippen molar-refractivity contribution in [1.29, 1.82) is 0 Å². The van der Waals surface area contributed by atoms with Crippen LogP contribution in [-0.4, -0.2) is 52.6 Å². The molecule has 0 saturated heterocycles. The molecule has 4 rings (SSSR count). The molecule has 2 aromatic carbocycles. The number of carbonyl (C=O) groups excluding carboxylic acids is 1. The Balaban J connectivity index is 0.00000324. The van der Waals surface area contributed by atoms with E-state index in [1.165, 1.54) is 0 Å². The van der Waals surface area contributed by atoms with Gasteiger partial charge in [0.2, 0.25) is 0 Å². The summed E-state index contributed by atoms with van der Waals surface area (Å²) < 4.78 is 1.78. The van der Waals surface area contributed by atoms with Crippen molar-refractivity contribution in [2.75, 3.05) is 32.5 Å². The quantitative estimate of drug-likeness (QED) is 0.342. The minimum absolute atomic E-state index is 0. The van der Waals surface area contributed by atoms with Crippen molar-refractivity contribution in [3.05, 3.63) is 82.0 Å². The van der Waals surface area contributed by atoms with Crippen molar-refractivity contribution in [2.24, 2.45) is 0 Å². The van der Waals surface area contributed by atoms with Crippen molar-refractivity contribution < 1.29 is 4.79 Å². The molecule has 0 aliphatic rings. The molecule has 0 unspecified atom stereocenters. The van der Waals surface area contributed by atoms with Crippen LogP contribution in [0.1, 0.15) is 15.9 Å². The van der Waals surface area contributed by atoms with E-state index in [0.717, 1.165) is 29.0 Å². The summed E-state index contributed by atoms with van der Waals surface area (Å²) in [6.07, 6.45) is 1.78. The average Bonchev–Trinajstić information content (AvgIpc) is 3.23. The van der Waals surface area contributed by atoms with E-state index in [2.05, 4.69) is 20.7 Å². The topological polar surface area (TPSA) is 74.6 Å². The zero-order chi connectivity index (χ0) is 23.4. The Morgan fingerprint density at radius 2 is 1.79 bits per heavy atom. The van der Waals surface area contributed by atoms with Crippen molar-refractivity contribution in [3.8, 4) is 11.3 Å². The van der Waals surface area contributed by atoms with Crippen LogP contribution in [0.2, 0.25) is 10.0 Å². The van der Waals surface area contributed by atoms with E-state index >= 15 is 0 Å². The molecule has 2 heterocycles. The van der Waals surface area contributed by atoms with Crippen LogP contribution in [0.15, 0.2) is 60.8 Å². The molecule has 34 heavy (non-hydrogen) atoms. The van der Waals surface area contributed by atoms with Gasteiger partial charge in [0.15, 0.2) is 5.65 Å². The lowest BCUT2D eigenvalue weighted by Crippen LogP contribution is -2.31. The van der Waals surface area contributed by atoms with Gasteiger partial charge < -0.3 is 15.5 Å². The van der Waals surface area contributed by atoms with Gasteiger partial charge in [0, 0.05) is 30.8 Å². The summed E-state index contributed by atoms with van der Waals surface area (Å²) in [4.78, 5) is 18.8. The zero-order valence-corrected chi connectivity index (χ0v) is 21.1. The molecule has 0 atom stereocenters. The lowest BCUT2D eigenvalue weighted by molar-refractivity contribution is 0.0951. The van der Waals surface area contributed by atoms with Gasteiger partial charge in [-0.05, 0) is 56.1 Å². The molecule has 0 radical (unpaired) electrons. The molecular formula is C24H25Cl3N6O. The monoisotopic (exact) mass is 518 g/mol. The highest BCUT2D eigenvalue weighted by Gasteiger charge is 2.10. The van der Waals surface area contributed by atoms with E-state index < -0.39 is 0 Å². The first-order chi connectivity index (χ1) is 15.9. The average molecular weight is 520 g/mol. The third kappa shape index (κ3) is 6.18. The van der Waals surface area contributed by atoms with Crippen LogP contribution >= 0.6 is 35.6 Å². The van der Waals surface area contributed by atoms with E-state index in [1.807, 2.05) is 67.5 Å². The summed E-state index contributed by atoms with van der Waals surface area (Å²) in [5.74, 6) is 0.609. The number of aromatic nitrogens is 3. The zero-order valence-electron chi connectivity index (χ0n) is 18.8. The molecule has 0 aliphatic heterocycles. The minimum atomic E-state index is -0.0894. The second-order valence-corrected chi connectivity index (χ2v) is 8.68. The predicted molar refractivity (Wildman–Crippen MR) is 140 cm³/mol. The normalized spacial score (nSPS) is 10.9. The predicted octanol–water partition coefficient (Wildman–Crippen LogP) is 5.03. The van der Waals surface area contributed by atoms with E-state index in [1.54, 1.807) is 16.8 Å². The first-order valence-corrected chi connectivity index (χ1v) is 11.2. The second kappa shape index (κ2) is 11.5. The number of nitrogens with zero attached hydrogens (tertiary/aromatic N) is 4. The van der Waals surface area contributed by atoms with Gasteiger partial charge in [-0.25, -0.2) is 9.50 Å². The van der Waals surface area contributed by atoms with Gasteiger partial charge in [0.05, 0.1) is 21.9 Å². The number of amides is 1. The van der Waals surface area contributed by atoms with E-state index in [9.17, 15) is 4.79 Å². The molecule has 0 bridgehead atoms. The Morgan fingerprint density at radius 3 is 2.50 bits per heavy atom. The van der Waals surface area contributed by atoms with E-state index in [4.69, 9.17) is 23.2 Å². The van der Waals surface area contributed by atoms with Crippen LogP contribution < -0.4 is 10.6 Å². The molecule has 4 aromatic rings. The SMILES string of the molecule is CN(C)CCNC(=O)c1ccc(-c2cnc3ccc(NCc4ccc(Cl)c(Cl)c4)nn23)cc1.Cl. The second-order valence-electron chi connectivity index (χ2n) is 7.87. The molecule has 7 nitrogen and oxygen atoms in total. The molecule has 0 fully saturated rings. The van der Waals surface area contributed by atoms with Gasteiger partial charge >= 0.3 is 0 Å². The molecular weight excluding hydrogens is 495 g/mol. The van der Waals surface area contributed by atoms with Gasteiger partial charge in [0.25, 0.3) is 5.91 Å². The Hall–Kier alpha value is -2.84. The highest BCUT2D eigenvalue weighted by atomic mass is 35.5. The van der Waals surface area contributed by atoms with Crippen LogP contribution in [0.4, 0.5) is 5.82 Å². The number of rotatable bonds is 8. The van der Waals surface area contributed by atoms with Crippen molar-refractivity contribution in [2.45, 2.75) is 6.54 Å². The van der Waals surface area contributed by atoms with Crippen LogP contribution in [0.25, 0.3) is 16.9 Å². The van der Waals surface area contributed by atoms with Gasteiger partial charge in [-0.1, -0.05) is 41.4 Å². The fraction of sp³-hybridized carbons (Fsp3) is 0.208. The molecule has 2 N–H and O–H groups in total. The Bertz CT molecular complexity index is 1270. The molecule has 10 heteroatoms. The fourth-order valence-corrected chi connectivity index (χ4v) is 3.61. The highest BCUT2D eigenvalue weighted by Crippen LogP contribution is 2.24. The number of nitrogens with one attached hydrogen (secondary N) is 2. The van der Waals surface area contributed by atoms with Gasteiger partial charge in [-0.2, -0.15) is 0 Å². The van der Waals surface area contributed by atoms with Crippen LogP contribution in [-0.2, 0) is 6.54 Å². The lowest BCUT2D eigenvalue weighted by atomic mass is 10.1. The summed E-state index contributed by atoms with van der Waals surface area (Å²) in [6, 6.07) is 16.7. The molecule has 0 saturated carbocycles. The Kier molecular flexibility index (Phi) is 8.74.